The molecule has 1 N–H and O–H groups in total. The molecule has 1 fully saturated rings. The van der Waals surface area contributed by atoms with Crippen LogP contribution in [0.25, 0.3) is 0 Å². The average Bonchev–Trinajstić information content (AvgIpc) is 3.08. The highest BCUT2D eigenvalue weighted by molar-refractivity contribution is 14.0. The number of anilines is 1. The Balaban J connectivity index is 0.00000243. The minimum absolute atomic E-state index is 0. The molecule has 7 nitrogen and oxygen atoms in total. The third-order valence-corrected chi connectivity index (χ3v) is 4.31. The van der Waals surface area contributed by atoms with Crippen molar-refractivity contribution in [3.05, 3.63) is 41.8 Å². The van der Waals surface area contributed by atoms with Crippen molar-refractivity contribution < 1.29 is 9.26 Å². The maximum atomic E-state index is 5.48. The van der Waals surface area contributed by atoms with Crippen LogP contribution in [-0.4, -0.2) is 56.4 Å². The van der Waals surface area contributed by atoms with Crippen LogP contribution in [0.1, 0.15) is 11.5 Å². The fourth-order valence-corrected chi connectivity index (χ4v) is 3.05. The van der Waals surface area contributed by atoms with Crippen LogP contribution >= 0.6 is 24.0 Å². The van der Waals surface area contributed by atoms with Crippen LogP contribution in [-0.2, 0) is 6.54 Å². The molecule has 142 valence electrons. The summed E-state index contributed by atoms with van der Waals surface area (Å²) in [5, 5.41) is 7.25. The normalized spacial score (nSPS) is 14.8. The molecule has 1 aromatic carbocycles. The standard InChI is InChI=1S/C18H25N5O2.HI/c1-14-12-15(25-21-14)13-20-18(19-2)23-10-8-22(9-11-23)16-6-4-5-7-17(16)24-3;/h4-7,12H,8-11,13H2,1-3H3,(H,19,20);1H. The molecule has 1 aliphatic heterocycles. The number of piperazine rings is 1. The van der Waals surface area contributed by atoms with Gasteiger partial charge in [0.15, 0.2) is 11.7 Å². The van der Waals surface area contributed by atoms with Gasteiger partial charge < -0.3 is 24.4 Å². The molecule has 1 saturated heterocycles. The summed E-state index contributed by atoms with van der Waals surface area (Å²) in [6, 6.07) is 10.1. The van der Waals surface area contributed by atoms with Crippen LogP contribution in [0.4, 0.5) is 5.69 Å². The van der Waals surface area contributed by atoms with E-state index < -0.39 is 0 Å². The molecule has 0 saturated carbocycles. The number of hydrogen-bond acceptors (Lipinski definition) is 5. The molecule has 1 aromatic heterocycles. The largest absolute Gasteiger partial charge is 0.495 e. The maximum Gasteiger partial charge on any atom is 0.194 e. The molecule has 3 rings (SSSR count). The minimum Gasteiger partial charge on any atom is -0.495 e. The molecule has 0 spiro atoms. The van der Waals surface area contributed by atoms with Crippen LogP contribution in [0, 0.1) is 6.92 Å². The number of rotatable bonds is 4. The molecule has 2 heterocycles. The number of nitrogens with one attached hydrogen (secondary N) is 1. The van der Waals surface area contributed by atoms with Crippen molar-refractivity contribution in [1.82, 2.24) is 15.4 Å². The molecule has 2 aromatic rings. The molecule has 0 bridgehead atoms. The Kier molecular flexibility index (Phi) is 7.55. The Morgan fingerprint density at radius 1 is 1.27 bits per heavy atom. The Morgan fingerprint density at radius 2 is 2.00 bits per heavy atom. The third kappa shape index (κ3) is 4.80. The van der Waals surface area contributed by atoms with Gasteiger partial charge in [-0.05, 0) is 19.1 Å². The number of para-hydroxylation sites is 2. The van der Waals surface area contributed by atoms with Gasteiger partial charge in [0, 0.05) is 39.3 Å². The van der Waals surface area contributed by atoms with E-state index in [9.17, 15) is 0 Å². The number of hydrogen-bond donors (Lipinski definition) is 1. The predicted octanol–water partition coefficient (Wildman–Crippen LogP) is 2.51. The summed E-state index contributed by atoms with van der Waals surface area (Å²) in [4.78, 5) is 9.00. The van der Waals surface area contributed by atoms with Gasteiger partial charge in [0.05, 0.1) is 25.0 Å². The van der Waals surface area contributed by atoms with E-state index in [0.717, 1.165) is 55.0 Å². The number of guanidine groups is 1. The van der Waals surface area contributed by atoms with E-state index in [1.807, 2.05) is 31.2 Å². The lowest BCUT2D eigenvalue weighted by Crippen LogP contribution is -2.52. The summed E-state index contributed by atoms with van der Waals surface area (Å²) in [6.45, 7) is 6.13. The summed E-state index contributed by atoms with van der Waals surface area (Å²) >= 11 is 0. The van der Waals surface area contributed by atoms with E-state index in [0.29, 0.717) is 6.54 Å². The van der Waals surface area contributed by atoms with Crippen molar-refractivity contribution in [3.63, 3.8) is 0 Å². The van der Waals surface area contributed by atoms with E-state index in [-0.39, 0.29) is 24.0 Å². The van der Waals surface area contributed by atoms with E-state index in [1.54, 1.807) is 14.2 Å². The first kappa shape index (κ1) is 20.3. The van der Waals surface area contributed by atoms with Crippen molar-refractivity contribution in [3.8, 4) is 5.75 Å². The highest BCUT2D eigenvalue weighted by Crippen LogP contribution is 2.28. The Labute approximate surface area is 171 Å². The zero-order valence-electron chi connectivity index (χ0n) is 15.4. The monoisotopic (exact) mass is 471 g/mol. The maximum absolute atomic E-state index is 5.48. The summed E-state index contributed by atoms with van der Waals surface area (Å²) in [7, 11) is 3.52. The number of aliphatic imine (C=N–C) groups is 1. The summed E-state index contributed by atoms with van der Waals surface area (Å²) in [5.41, 5.74) is 2.03. The lowest BCUT2D eigenvalue weighted by atomic mass is 10.2. The molecular weight excluding hydrogens is 445 g/mol. The van der Waals surface area contributed by atoms with Crippen LogP contribution in [0.3, 0.4) is 0 Å². The predicted molar refractivity (Wildman–Crippen MR) is 114 cm³/mol. The van der Waals surface area contributed by atoms with Crippen LogP contribution in [0.15, 0.2) is 39.8 Å². The molecule has 1 aliphatic rings. The molecule has 0 unspecified atom stereocenters. The minimum atomic E-state index is 0. The van der Waals surface area contributed by atoms with E-state index in [2.05, 4.69) is 31.3 Å². The summed E-state index contributed by atoms with van der Waals surface area (Å²) < 4.78 is 10.7. The molecule has 8 heteroatoms. The van der Waals surface area contributed by atoms with Crippen molar-refractivity contribution in [2.24, 2.45) is 4.99 Å². The van der Waals surface area contributed by atoms with Gasteiger partial charge in [-0.3, -0.25) is 4.99 Å². The second-order valence-corrected chi connectivity index (χ2v) is 5.98. The van der Waals surface area contributed by atoms with Gasteiger partial charge in [0.25, 0.3) is 0 Å². The van der Waals surface area contributed by atoms with Gasteiger partial charge in [-0.15, -0.1) is 24.0 Å². The second kappa shape index (κ2) is 9.65. The van der Waals surface area contributed by atoms with Gasteiger partial charge in [0.1, 0.15) is 5.75 Å². The Morgan fingerprint density at radius 3 is 2.62 bits per heavy atom. The molecule has 26 heavy (non-hydrogen) atoms. The highest BCUT2D eigenvalue weighted by atomic mass is 127. The summed E-state index contributed by atoms with van der Waals surface area (Å²) in [5.74, 6) is 2.61. The quantitative estimate of drug-likeness (QED) is 0.420. The number of nitrogens with zero attached hydrogens (tertiary/aromatic N) is 4. The first-order chi connectivity index (χ1) is 12.2. The molecule has 0 radical (unpaired) electrons. The van der Waals surface area contributed by atoms with Crippen molar-refractivity contribution in [2.75, 3.05) is 45.2 Å². The lowest BCUT2D eigenvalue weighted by molar-refractivity contribution is 0.354. The fraction of sp³-hybridized carbons (Fsp3) is 0.444. The summed E-state index contributed by atoms with van der Waals surface area (Å²) in [6.07, 6.45) is 0. The number of benzene rings is 1. The average molecular weight is 471 g/mol. The Bertz CT molecular complexity index is 726. The number of aromatic nitrogens is 1. The van der Waals surface area contributed by atoms with Gasteiger partial charge in [0.2, 0.25) is 0 Å². The highest BCUT2D eigenvalue weighted by Gasteiger charge is 2.21. The van der Waals surface area contributed by atoms with E-state index in [4.69, 9.17) is 9.26 Å². The smallest absolute Gasteiger partial charge is 0.194 e. The SMILES string of the molecule is CN=C(NCc1cc(C)no1)N1CCN(c2ccccc2OC)CC1.I. The first-order valence-corrected chi connectivity index (χ1v) is 8.47. The molecule has 0 amide bonds. The lowest BCUT2D eigenvalue weighted by Gasteiger charge is -2.38. The topological polar surface area (TPSA) is 66.1 Å². The number of halogens is 1. The van der Waals surface area contributed by atoms with Crippen LogP contribution in [0.2, 0.25) is 0 Å². The first-order valence-electron chi connectivity index (χ1n) is 8.47. The van der Waals surface area contributed by atoms with Crippen LogP contribution in [0.5, 0.6) is 5.75 Å². The van der Waals surface area contributed by atoms with E-state index >= 15 is 0 Å². The Hall–Kier alpha value is -1.97. The molecule has 0 atom stereocenters. The zero-order chi connectivity index (χ0) is 17.6. The number of methoxy groups -OCH3 is 1. The van der Waals surface area contributed by atoms with Crippen LogP contribution < -0.4 is 15.0 Å². The van der Waals surface area contributed by atoms with Gasteiger partial charge in [-0.1, -0.05) is 17.3 Å². The zero-order valence-corrected chi connectivity index (χ0v) is 17.8. The van der Waals surface area contributed by atoms with Gasteiger partial charge in [-0.2, -0.15) is 0 Å². The van der Waals surface area contributed by atoms with Crippen molar-refractivity contribution in [2.45, 2.75) is 13.5 Å². The van der Waals surface area contributed by atoms with E-state index in [1.165, 1.54) is 0 Å². The number of aryl methyl sites for hydroxylation is 1. The van der Waals surface area contributed by atoms with Gasteiger partial charge >= 0.3 is 0 Å². The second-order valence-electron chi connectivity index (χ2n) is 5.98. The van der Waals surface area contributed by atoms with Crippen molar-refractivity contribution >= 4 is 35.6 Å². The van der Waals surface area contributed by atoms with Crippen molar-refractivity contribution in [1.29, 1.82) is 0 Å². The molecule has 0 aliphatic carbocycles. The number of ether oxygens (including phenoxy) is 1. The van der Waals surface area contributed by atoms with Gasteiger partial charge in [-0.25, -0.2) is 0 Å². The molecular formula is C18H26IN5O2. The third-order valence-electron chi connectivity index (χ3n) is 4.31. The fourth-order valence-electron chi connectivity index (χ4n) is 3.05.